The van der Waals surface area contributed by atoms with Crippen LogP contribution in [0.4, 0.5) is 0 Å². The van der Waals surface area contributed by atoms with Crippen molar-refractivity contribution in [2.45, 2.75) is 64.6 Å². The van der Waals surface area contributed by atoms with E-state index in [2.05, 4.69) is 6.07 Å². The molecule has 3 aromatic rings. The lowest BCUT2D eigenvalue weighted by Gasteiger charge is -2.25. The Hall–Kier alpha value is -2.62. The van der Waals surface area contributed by atoms with Gasteiger partial charge in [0.05, 0.1) is 18.3 Å². The first-order valence-corrected chi connectivity index (χ1v) is 12.7. The molecule has 0 saturated heterocycles. The fraction of sp³-hybridized carbons (Fsp3) is 0.367. The maximum atomic E-state index is 11.9. The van der Waals surface area contributed by atoms with Crippen LogP contribution in [0.25, 0.3) is 11.1 Å². The average Bonchev–Trinajstić information content (AvgIpc) is 2.85. The summed E-state index contributed by atoms with van der Waals surface area (Å²) in [6, 6.07) is 21.4. The first-order chi connectivity index (χ1) is 16.5. The lowest BCUT2D eigenvalue weighted by Crippen LogP contribution is -2.11. The van der Waals surface area contributed by atoms with E-state index in [0.29, 0.717) is 12.2 Å². The second-order valence-corrected chi connectivity index (χ2v) is 9.87. The minimum absolute atomic E-state index is 0.0401. The molecule has 178 valence electrons. The fourth-order valence-corrected chi connectivity index (χ4v) is 5.28. The summed E-state index contributed by atoms with van der Waals surface area (Å²) in [6.45, 7) is 2.42. The van der Waals surface area contributed by atoms with Crippen LogP contribution in [0.5, 0.6) is 0 Å². The van der Waals surface area contributed by atoms with Gasteiger partial charge in [0.1, 0.15) is 0 Å². The monoisotopic (exact) mass is 476 g/mol. The Kier molecular flexibility index (Phi) is 8.42. The van der Waals surface area contributed by atoms with Gasteiger partial charge >= 0.3 is 5.97 Å². The Labute approximate surface area is 207 Å². The lowest BCUT2D eigenvalue weighted by molar-refractivity contribution is 0.0284. The molecule has 34 heavy (non-hydrogen) atoms. The number of aryl methyl sites for hydroxylation is 1. The number of carboxylic acid groups (broad SMARTS) is 1. The normalized spacial score (nSPS) is 15.2. The second-order valence-electron chi connectivity index (χ2n) is 9.44. The Bertz CT molecular complexity index is 1120. The summed E-state index contributed by atoms with van der Waals surface area (Å²) in [5.74, 6) is -0.142. The van der Waals surface area contributed by atoms with E-state index in [9.17, 15) is 9.90 Å². The summed E-state index contributed by atoms with van der Waals surface area (Å²) in [5, 5.41) is 10.5. The molecule has 0 heterocycles. The van der Waals surface area contributed by atoms with Crippen molar-refractivity contribution in [3.63, 3.8) is 0 Å². The summed E-state index contributed by atoms with van der Waals surface area (Å²) in [6.07, 6.45) is 8.75. The van der Waals surface area contributed by atoms with Crippen molar-refractivity contribution in [2.75, 3.05) is 0 Å². The largest absolute Gasteiger partial charge is 0.478 e. The third kappa shape index (κ3) is 6.28. The number of carboxylic acids is 1. The SMILES string of the molecule is Cc1ccccc1-c1cc(COC(CCC2CCCCC2)c2cccc(Cl)c2)ccc1C(=O)O. The van der Waals surface area contributed by atoms with Crippen LogP contribution in [0.2, 0.25) is 5.02 Å². The first-order valence-electron chi connectivity index (χ1n) is 12.3. The number of benzene rings is 3. The Morgan fingerprint density at radius 3 is 2.53 bits per heavy atom. The highest BCUT2D eigenvalue weighted by Crippen LogP contribution is 2.34. The van der Waals surface area contributed by atoms with Crippen molar-refractivity contribution in [3.8, 4) is 11.1 Å². The van der Waals surface area contributed by atoms with Gasteiger partial charge in [-0.1, -0.05) is 86.2 Å². The van der Waals surface area contributed by atoms with Gasteiger partial charge in [0, 0.05) is 5.02 Å². The summed E-state index contributed by atoms with van der Waals surface area (Å²) in [5.41, 5.74) is 5.09. The predicted molar refractivity (Wildman–Crippen MR) is 138 cm³/mol. The molecule has 1 aliphatic carbocycles. The molecule has 1 aliphatic rings. The first kappa shape index (κ1) is 24.5. The number of carbonyl (C=O) groups is 1. The molecule has 3 nitrogen and oxygen atoms in total. The highest BCUT2D eigenvalue weighted by Gasteiger charge is 2.19. The van der Waals surface area contributed by atoms with Gasteiger partial charge in [0.25, 0.3) is 0 Å². The Morgan fingerprint density at radius 1 is 1.00 bits per heavy atom. The quantitative estimate of drug-likeness (QED) is 0.336. The molecular weight excluding hydrogens is 444 g/mol. The molecule has 0 spiro atoms. The molecule has 3 aromatic carbocycles. The molecule has 4 heteroatoms. The van der Waals surface area contributed by atoms with Crippen LogP contribution in [0.15, 0.2) is 66.7 Å². The zero-order chi connectivity index (χ0) is 23.9. The van der Waals surface area contributed by atoms with Gasteiger partial charge in [-0.3, -0.25) is 0 Å². The molecule has 1 unspecified atom stereocenters. The van der Waals surface area contributed by atoms with Crippen molar-refractivity contribution in [3.05, 3.63) is 94.0 Å². The Balaban J connectivity index is 1.54. The van der Waals surface area contributed by atoms with E-state index in [0.717, 1.165) is 51.6 Å². The summed E-state index contributed by atoms with van der Waals surface area (Å²) in [7, 11) is 0. The molecule has 1 N–H and O–H groups in total. The number of hydrogen-bond donors (Lipinski definition) is 1. The molecule has 0 aromatic heterocycles. The van der Waals surface area contributed by atoms with E-state index in [1.807, 2.05) is 61.5 Å². The summed E-state index contributed by atoms with van der Waals surface area (Å²) < 4.78 is 6.48. The van der Waals surface area contributed by atoms with Gasteiger partial charge in [-0.05, 0) is 77.8 Å². The van der Waals surface area contributed by atoms with Crippen LogP contribution < -0.4 is 0 Å². The molecule has 1 saturated carbocycles. The minimum Gasteiger partial charge on any atom is -0.478 e. The molecule has 1 fully saturated rings. The molecule has 0 bridgehead atoms. The van der Waals surface area contributed by atoms with E-state index in [4.69, 9.17) is 16.3 Å². The second kappa shape index (κ2) is 11.7. The molecule has 4 rings (SSSR count). The third-order valence-corrected chi connectivity index (χ3v) is 7.22. The standard InChI is InChI=1S/C30H33ClO3/c1-21-8-5-6-13-26(21)28-18-23(14-16-27(28)30(32)33)20-34-29(24-11-7-12-25(31)19-24)17-15-22-9-3-2-4-10-22/h5-8,11-14,16,18-19,22,29H,2-4,9-10,15,17,20H2,1H3,(H,32,33). The summed E-state index contributed by atoms with van der Waals surface area (Å²) in [4.78, 5) is 11.9. The molecule has 0 aliphatic heterocycles. The maximum absolute atomic E-state index is 11.9. The predicted octanol–water partition coefficient (Wildman–Crippen LogP) is 8.63. The van der Waals surface area contributed by atoms with Crippen molar-refractivity contribution < 1.29 is 14.6 Å². The van der Waals surface area contributed by atoms with Crippen LogP contribution in [-0.4, -0.2) is 11.1 Å². The third-order valence-electron chi connectivity index (χ3n) is 6.98. The van der Waals surface area contributed by atoms with Crippen LogP contribution >= 0.6 is 11.6 Å². The molecule has 0 amide bonds. The zero-order valence-corrected chi connectivity index (χ0v) is 20.6. The van der Waals surface area contributed by atoms with Crippen molar-refractivity contribution in [1.82, 2.24) is 0 Å². The van der Waals surface area contributed by atoms with Gasteiger partial charge in [0.2, 0.25) is 0 Å². The van der Waals surface area contributed by atoms with Crippen LogP contribution in [0.3, 0.4) is 0 Å². The number of hydrogen-bond acceptors (Lipinski definition) is 2. The fourth-order valence-electron chi connectivity index (χ4n) is 5.08. The smallest absolute Gasteiger partial charge is 0.336 e. The number of rotatable bonds is 9. The van der Waals surface area contributed by atoms with Crippen molar-refractivity contribution >= 4 is 17.6 Å². The molecular formula is C30H33ClO3. The highest BCUT2D eigenvalue weighted by atomic mass is 35.5. The van der Waals surface area contributed by atoms with Gasteiger partial charge in [-0.2, -0.15) is 0 Å². The number of ether oxygens (including phenoxy) is 1. The van der Waals surface area contributed by atoms with E-state index in [1.165, 1.54) is 32.1 Å². The van der Waals surface area contributed by atoms with Gasteiger partial charge in [0.15, 0.2) is 0 Å². The van der Waals surface area contributed by atoms with Gasteiger partial charge in [-0.25, -0.2) is 4.79 Å². The minimum atomic E-state index is -0.921. The molecule has 1 atom stereocenters. The van der Waals surface area contributed by atoms with E-state index in [1.54, 1.807) is 6.07 Å². The number of aromatic carboxylic acids is 1. The van der Waals surface area contributed by atoms with Crippen molar-refractivity contribution in [2.24, 2.45) is 5.92 Å². The lowest BCUT2D eigenvalue weighted by atomic mass is 9.85. The van der Waals surface area contributed by atoms with Crippen molar-refractivity contribution in [1.29, 1.82) is 0 Å². The van der Waals surface area contributed by atoms with Crippen LogP contribution in [0, 0.1) is 12.8 Å². The Morgan fingerprint density at radius 2 is 1.79 bits per heavy atom. The van der Waals surface area contributed by atoms with Crippen LogP contribution in [0.1, 0.15) is 78.1 Å². The van der Waals surface area contributed by atoms with Crippen LogP contribution in [-0.2, 0) is 11.3 Å². The number of halogens is 1. The van der Waals surface area contributed by atoms with E-state index >= 15 is 0 Å². The molecule has 0 radical (unpaired) electrons. The van der Waals surface area contributed by atoms with Gasteiger partial charge < -0.3 is 9.84 Å². The van der Waals surface area contributed by atoms with Gasteiger partial charge in [-0.15, -0.1) is 0 Å². The topological polar surface area (TPSA) is 46.5 Å². The average molecular weight is 477 g/mol. The highest BCUT2D eigenvalue weighted by molar-refractivity contribution is 6.30. The maximum Gasteiger partial charge on any atom is 0.336 e. The van der Waals surface area contributed by atoms with E-state index in [-0.39, 0.29) is 6.10 Å². The zero-order valence-electron chi connectivity index (χ0n) is 19.8. The summed E-state index contributed by atoms with van der Waals surface area (Å²) >= 11 is 6.29. The van der Waals surface area contributed by atoms with E-state index < -0.39 is 5.97 Å².